The standard InChI is InChI=1S/C14H19N3S/c1-10-5-3-6-11-12(10)17(13(15)16-11)9-14(18-2)7-4-8-14/h3,5-6H,4,7-9H2,1-2H3,(H2,15,16). The number of anilines is 1. The van der Waals surface area contributed by atoms with E-state index in [0.717, 1.165) is 12.1 Å². The van der Waals surface area contributed by atoms with Gasteiger partial charge in [0.2, 0.25) is 5.95 Å². The Kier molecular flexibility index (Phi) is 2.77. The fourth-order valence-corrected chi connectivity index (χ4v) is 3.78. The Hall–Kier alpha value is -1.16. The van der Waals surface area contributed by atoms with Gasteiger partial charge in [-0.1, -0.05) is 18.6 Å². The highest BCUT2D eigenvalue weighted by atomic mass is 32.2. The summed E-state index contributed by atoms with van der Waals surface area (Å²) in [5, 5.41) is 0. The van der Waals surface area contributed by atoms with Crippen molar-refractivity contribution in [3.8, 4) is 0 Å². The van der Waals surface area contributed by atoms with Gasteiger partial charge in [0.05, 0.1) is 11.0 Å². The van der Waals surface area contributed by atoms with Crippen molar-refractivity contribution in [3.05, 3.63) is 23.8 Å². The molecule has 1 heterocycles. The number of rotatable bonds is 3. The van der Waals surface area contributed by atoms with Crippen LogP contribution in [0.3, 0.4) is 0 Å². The van der Waals surface area contributed by atoms with Crippen molar-refractivity contribution in [2.45, 2.75) is 37.5 Å². The highest BCUT2D eigenvalue weighted by Crippen LogP contribution is 2.45. The van der Waals surface area contributed by atoms with Gasteiger partial charge in [0, 0.05) is 11.3 Å². The van der Waals surface area contributed by atoms with Crippen LogP contribution < -0.4 is 5.73 Å². The van der Waals surface area contributed by atoms with Crippen LogP contribution in [0.5, 0.6) is 0 Å². The van der Waals surface area contributed by atoms with Crippen molar-refractivity contribution in [2.75, 3.05) is 12.0 Å². The van der Waals surface area contributed by atoms with Crippen molar-refractivity contribution < 1.29 is 0 Å². The summed E-state index contributed by atoms with van der Waals surface area (Å²) in [6.45, 7) is 3.12. The number of nitrogens with two attached hydrogens (primary N) is 1. The Labute approximate surface area is 112 Å². The predicted molar refractivity (Wildman–Crippen MR) is 79.0 cm³/mol. The van der Waals surface area contributed by atoms with Crippen LogP contribution in [0.4, 0.5) is 5.95 Å². The summed E-state index contributed by atoms with van der Waals surface area (Å²) in [4.78, 5) is 4.48. The van der Waals surface area contributed by atoms with Crippen LogP contribution in [0.1, 0.15) is 24.8 Å². The van der Waals surface area contributed by atoms with Crippen molar-refractivity contribution in [2.24, 2.45) is 0 Å². The summed E-state index contributed by atoms with van der Waals surface area (Å²) in [7, 11) is 0. The fourth-order valence-electron chi connectivity index (χ4n) is 2.83. The number of hydrogen-bond donors (Lipinski definition) is 1. The van der Waals surface area contributed by atoms with E-state index in [-0.39, 0.29) is 0 Å². The molecule has 3 rings (SSSR count). The van der Waals surface area contributed by atoms with Crippen molar-refractivity contribution in [1.29, 1.82) is 0 Å². The second-order valence-corrected chi connectivity index (χ2v) is 6.51. The first-order chi connectivity index (χ1) is 8.65. The maximum Gasteiger partial charge on any atom is 0.201 e. The first-order valence-corrected chi connectivity index (χ1v) is 7.64. The van der Waals surface area contributed by atoms with E-state index in [2.05, 4.69) is 28.8 Å². The summed E-state index contributed by atoms with van der Waals surface area (Å²) in [5.41, 5.74) is 9.58. The lowest BCUT2D eigenvalue weighted by Crippen LogP contribution is -2.38. The Morgan fingerprint density at radius 1 is 1.44 bits per heavy atom. The first-order valence-electron chi connectivity index (χ1n) is 6.42. The molecule has 2 N–H and O–H groups in total. The lowest BCUT2D eigenvalue weighted by molar-refractivity contribution is 0.326. The van der Waals surface area contributed by atoms with Gasteiger partial charge < -0.3 is 10.3 Å². The highest BCUT2D eigenvalue weighted by molar-refractivity contribution is 8.00. The normalized spacial score (nSPS) is 17.9. The monoisotopic (exact) mass is 261 g/mol. The zero-order chi connectivity index (χ0) is 12.8. The molecule has 1 aromatic heterocycles. The predicted octanol–water partition coefficient (Wildman–Crippen LogP) is 3.21. The van der Waals surface area contributed by atoms with Gasteiger partial charge >= 0.3 is 0 Å². The zero-order valence-corrected chi connectivity index (χ0v) is 11.8. The van der Waals surface area contributed by atoms with E-state index in [4.69, 9.17) is 5.73 Å². The van der Waals surface area contributed by atoms with Gasteiger partial charge in [-0.3, -0.25) is 0 Å². The number of aryl methyl sites for hydroxylation is 1. The molecule has 0 radical (unpaired) electrons. The van der Waals surface area contributed by atoms with Crippen molar-refractivity contribution >= 4 is 28.7 Å². The molecule has 1 saturated carbocycles. The minimum absolute atomic E-state index is 0.379. The van der Waals surface area contributed by atoms with Crippen LogP contribution in [-0.2, 0) is 6.54 Å². The van der Waals surface area contributed by atoms with Crippen LogP contribution in [0, 0.1) is 6.92 Å². The first kappa shape index (κ1) is 11.9. The molecular weight excluding hydrogens is 242 g/mol. The molecule has 1 fully saturated rings. The van der Waals surface area contributed by atoms with Gasteiger partial charge in [0.25, 0.3) is 0 Å². The fraction of sp³-hybridized carbons (Fsp3) is 0.500. The Morgan fingerprint density at radius 3 is 2.83 bits per heavy atom. The molecule has 0 amide bonds. The number of hydrogen-bond acceptors (Lipinski definition) is 3. The molecule has 0 bridgehead atoms. The molecule has 2 aromatic rings. The van der Waals surface area contributed by atoms with E-state index in [1.165, 1.54) is 30.3 Å². The number of para-hydroxylation sites is 1. The number of thioether (sulfide) groups is 1. The van der Waals surface area contributed by atoms with Crippen LogP contribution in [0.15, 0.2) is 18.2 Å². The quantitative estimate of drug-likeness (QED) is 0.922. The number of nitrogens with zero attached hydrogens (tertiary/aromatic N) is 2. The Bertz CT molecular complexity index is 578. The lowest BCUT2D eigenvalue weighted by atomic mass is 9.84. The van der Waals surface area contributed by atoms with Crippen LogP contribution in [0.25, 0.3) is 11.0 Å². The SMILES string of the molecule is CSC1(Cn2c(N)nc3cccc(C)c32)CCC1. The van der Waals surface area contributed by atoms with Crippen molar-refractivity contribution in [1.82, 2.24) is 9.55 Å². The van der Waals surface area contributed by atoms with E-state index in [1.54, 1.807) is 0 Å². The number of aromatic nitrogens is 2. The van der Waals surface area contributed by atoms with Crippen LogP contribution >= 0.6 is 11.8 Å². The molecule has 96 valence electrons. The third-order valence-electron chi connectivity index (χ3n) is 4.14. The van der Waals surface area contributed by atoms with E-state index in [9.17, 15) is 0 Å². The molecule has 1 aromatic carbocycles. The van der Waals surface area contributed by atoms with Crippen molar-refractivity contribution in [3.63, 3.8) is 0 Å². The van der Waals surface area contributed by atoms with E-state index < -0.39 is 0 Å². The molecule has 1 aliphatic carbocycles. The number of benzene rings is 1. The van der Waals surface area contributed by atoms with Gasteiger partial charge in [-0.15, -0.1) is 0 Å². The molecule has 3 nitrogen and oxygen atoms in total. The van der Waals surface area contributed by atoms with E-state index in [0.29, 0.717) is 10.7 Å². The Balaban J connectivity index is 2.08. The van der Waals surface area contributed by atoms with Gasteiger partial charge in [0.1, 0.15) is 0 Å². The highest BCUT2D eigenvalue weighted by Gasteiger charge is 2.37. The molecule has 0 atom stereocenters. The summed E-state index contributed by atoms with van der Waals surface area (Å²) in [5.74, 6) is 0.652. The number of fused-ring (bicyclic) bond motifs is 1. The van der Waals surface area contributed by atoms with Crippen LogP contribution in [0.2, 0.25) is 0 Å². The second kappa shape index (κ2) is 4.19. The summed E-state index contributed by atoms with van der Waals surface area (Å²) >= 11 is 1.98. The maximum atomic E-state index is 6.11. The average molecular weight is 261 g/mol. The maximum absolute atomic E-state index is 6.11. The summed E-state index contributed by atoms with van der Waals surface area (Å²) < 4.78 is 2.59. The lowest BCUT2D eigenvalue weighted by Gasteiger charge is -2.41. The van der Waals surface area contributed by atoms with Gasteiger partial charge in [-0.25, -0.2) is 4.98 Å². The number of imidazole rings is 1. The third kappa shape index (κ3) is 1.70. The smallest absolute Gasteiger partial charge is 0.201 e. The molecule has 18 heavy (non-hydrogen) atoms. The van der Waals surface area contributed by atoms with Gasteiger partial charge in [-0.05, 0) is 37.7 Å². The largest absolute Gasteiger partial charge is 0.369 e. The molecule has 0 unspecified atom stereocenters. The summed E-state index contributed by atoms with van der Waals surface area (Å²) in [6, 6.07) is 6.22. The summed E-state index contributed by atoms with van der Waals surface area (Å²) in [6.07, 6.45) is 6.13. The molecule has 0 spiro atoms. The Morgan fingerprint density at radius 2 is 2.22 bits per heavy atom. The minimum atomic E-state index is 0.379. The second-order valence-electron chi connectivity index (χ2n) is 5.24. The van der Waals surface area contributed by atoms with E-state index >= 15 is 0 Å². The molecule has 1 aliphatic rings. The molecular formula is C14H19N3S. The molecule has 0 aliphatic heterocycles. The minimum Gasteiger partial charge on any atom is -0.369 e. The average Bonchev–Trinajstić information content (AvgIpc) is 2.61. The third-order valence-corrected chi connectivity index (χ3v) is 5.55. The van der Waals surface area contributed by atoms with Gasteiger partial charge in [0.15, 0.2) is 0 Å². The molecule has 0 saturated heterocycles. The topological polar surface area (TPSA) is 43.8 Å². The number of nitrogen functional groups attached to an aromatic ring is 1. The van der Waals surface area contributed by atoms with Crippen LogP contribution in [-0.4, -0.2) is 20.6 Å². The van der Waals surface area contributed by atoms with Gasteiger partial charge in [-0.2, -0.15) is 11.8 Å². The van der Waals surface area contributed by atoms with E-state index in [1.807, 2.05) is 23.9 Å². The zero-order valence-electron chi connectivity index (χ0n) is 10.9. The molecule has 4 heteroatoms.